The van der Waals surface area contributed by atoms with Gasteiger partial charge in [-0.3, -0.25) is 0 Å². The summed E-state index contributed by atoms with van der Waals surface area (Å²) in [7, 11) is 0. The van der Waals surface area contributed by atoms with Crippen molar-refractivity contribution in [2.45, 2.75) is 52.0 Å². The molecule has 1 atom stereocenters. The Kier molecular flexibility index (Phi) is 4.35. The van der Waals surface area contributed by atoms with Gasteiger partial charge < -0.3 is 5.32 Å². The van der Waals surface area contributed by atoms with Gasteiger partial charge in [-0.25, -0.2) is 4.98 Å². The van der Waals surface area contributed by atoms with Crippen LogP contribution in [-0.4, -0.2) is 25.1 Å². The monoisotopic (exact) mass is 397 g/mol. The Morgan fingerprint density at radius 2 is 1.93 bits per heavy atom. The topological polar surface area (TPSA) is 55.1 Å². The summed E-state index contributed by atoms with van der Waals surface area (Å²) in [5, 5.41) is 8.51. The molecule has 0 bridgehead atoms. The molecule has 0 saturated heterocycles. The zero-order chi connectivity index (χ0) is 20.9. The molecule has 5 nitrogen and oxygen atoms in total. The quantitative estimate of drug-likeness (QED) is 0.504. The first-order chi connectivity index (χ1) is 14.4. The Morgan fingerprint density at radius 1 is 1.13 bits per heavy atom. The first kappa shape index (κ1) is 18.8. The van der Waals surface area contributed by atoms with E-state index in [2.05, 4.69) is 67.2 Å². The number of fused-ring (bicyclic) bond motifs is 2. The number of benzene rings is 2. The maximum Gasteiger partial charge on any atom is 0.252 e. The van der Waals surface area contributed by atoms with Gasteiger partial charge in [-0.15, -0.1) is 5.10 Å². The van der Waals surface area contributed by atoms with E-state index in [-0.39, 0.29) is 5.54 Å². The molecular weight excluding hydrogens is 370 g/mol. The minimum absolute atomic E-state index is 0.114. The Morgan fingerprint density at radius 3 is 2.73 bits per heavy atom. The van der Waals surface area contributed by atoms with Crippen molar-refractivity contribution in [2.75, 3.05) is 5.32 Å². The smallest absolute Gasteiger partial charge is 0.252 e. The highest BCUT2D eigenvalue weighted by Gasteiger charge is 2.30. The second kappa shape index (κ2) is 6.94. The maximum atomic E-state index is 4.81. The normalized spacial score (nSPS) is 17.5. The highest BCUT2D eigenvalue weighted by atomic mass is 15.3. The lowest BCUT2D eigenvalue weighted by Crippen LogP contribution is -2.36. The van der Waals surface area contributed by atoms with Crippen molar-refractivity contribution in [3.8, 4) is 11.3 Å². The number of anilines is 1. The summed E-state index contributed by atoms with van der Waals surface area (Å²) in [4.78, 5) is 9.13. The first-order valence-electron chi connectivity index (χ1n) is 10.6. The number of hydrogen-bond acceptors (Lipinski definition) is 4. The largest absolute Gasteiger partial charge is 0.380 e. The fraction of sp³-hybridized carbons (Fsp3) is 0.320. The third kappa shape index (κ3) is 3.34. The van der Waals surface area contributed by atoms with E-state index in [1.807, 2.05) is 35.0 Å². The van der Waals surface area contributed by atoms with Crippen LogP contribution in [0, 0.1) is 6.92 Å². The summed E-state index contributed by atoms with van der Waals surface area (Å²) >= 11 is 0. The fourth-order valence-electron chi connectivity index (χ4n) is 4.70. The molecule has 1 aliphatic heterocycles. The second-order valence-electron chi connectivity index (χ2n) is 9.10. The van der Waals surface area contributed by atoms with Gasteiger partial charge in [0.1, 0.15) is 0 Å². The molecule has 0 amide bonds. The highest BCUT2D eigenvalue weighted by Crippen LogP contribution is 2.41. The summed E-state index contributed by atoms with van der Waals surface area (Å²) in [6.07, 6.45) is 3.64. The molecule has 1 N–H and O–H groups in total. The summed E-state index contributed by atoms with van der Waals surface area (Å²) in [6.45, 7) is 9.02. The van der Waals surface area contributed by atoms with Crippen molar-refractivity contribution in [3.05, 3.63) is 77.2 Å². The van der Waals surface area contributed by atoms with Gasteiger partial charge in [0.15, 0.2) is 5.82 Å². The average Bonchev–Trinajstić information content (AvgIpc) is 3.10. The molecule has 3 heterocycles. The van der Waals surface area contributed by atoms with Crippen LogP contribution in [0.25, 0.3) is 17.0 Å². The van der Waals surface area contributed by atoms with Gasteiger partial charge in [0.05, 0.1) is 5.69 Å². The summed E-state index contributed by atoms with van der Waals surface area (Å²) in [5.74, 6) is 1.92. The number of hydrogen-bond donors (Lipinski definition) is 1. The molecule has 1 aliphatic rings. The minimum Gasteiger partial charge on any atom is -0.380 e. The third-order valence-corrected chi connectivity index (χ3v) is 5.98. The van der Waals surface area contributed by atoms with Crippen molar-refractivity contribution in [3.63, 3.8) is 0 Å². The number of aromatic nitrogens is 4. The molecule has 30 heavy (non-hydrogen) atoms. The van der Waals surface area contributed by atoms with Crippen LogP contribution in [0.1, 0.15) is 55.6 Å². The molecule has 5 rings (SSSR count). The van der Waals surface area contributed by atoms with E-state index < -0.39 is 0 Å². The van der Waals surface area contributed by atoms with Crippen molar-refractivity contribution in [2.24, 2.45) is 0 Å². The lowest BCUT2D eigenvalue weighted by atomic mass is 9.80. The van der Waals surface area contributed by atoms with Crippen molar-refractivity contribution in [1.82, 2.24) is 19.6 Å². The lowest BCUT2D eigenvalue weighted by Gasteiger charge is -2.38. The van der Waals surface area contributed by atoms with E-state index in [9.17, 15) is 0 Å². The predicted octanol–water partition coefficient (Wildman–Crippen LogP) is 5.39. The Labute approximate surface area is 177 Å². The first-order valence-corrected chi connectivity index (χ1v) is 10.6. The Bertz CT molecular complexity index is 1220. The summed E-state index contributed by atoms with van der Waals surface area (Å²) in [6, 6.07) is 16.9. The van der Waals surface area contributed by atoms with Gasteiger partial charge in [-0.1, -0.05) is 37.3 Å². The van der Waals surface area contributed by atoms with Gasteiger partial charge in [0, 0.05) is 29.4 Å². The maximum absolute atomic E-state index is 4.81. The van der Waals surface area contributed by atoms with Gasteiger partial charge in [-0.2, -0.15) is 9.50 Å². The van der Waals surface area contributed by atoms with E-state index in [0.29, 0.717) is 18.1 Å². The van der Waals surface area contributed by atoms with E-state index >= 15 is 0 Å². The van der Waals surface area contributed by atoms with Gasteiger partial charge >= 0.3 is 0 Å². The molecule has 0 spiro atoms. The van der Waals surface area contributed by atoms with Crippen LogP contribution in [0.2, 0.25) is 0 Å². The van der Waals surface area contributed by atoms with Gasteiger partial charge in [0.2, 0.25) is 0 Å². The van der Waals surface area contributed by atoms with E-state index in [0.717, 1.165) is 17.9 Å². The van der Waals surface area contributed by atoms with E-state index in [4.69, 9.17) is 5.10 Å². The molecule has 152 valence electrons. The van der Waals surface area contributed by atoms with Crippen LogP contribution < -0.4 is 5.32 Å². The predicted molar refractivity (Wildman–Crippen MR) is 121 cm³/mol. The van der Waals surface area contributed by atoms with Crippen LogP contribution in [0.5, 0.6) is 0 Å². The molecule has 2 aromatic carbocycles. The van der Waals surface area contributed by atoms with Gasteiger partial charge in [-0.05, 0) is 68.0 Å². The summed E-state index contributed by atoms with van der Waals surface area (Å²) < 4.78 is 1.89. The van der Waals surface area contributed by atoms with E-state index in [1.54, 1.807) is 0 Å². The molecule has 0 fully saturated rings. The Balaban J connectivity index is 1.59. The molecule has 0 saturated carbocycles. The lowest BCUT2D eigenvalue weighted by molar-refractivity contribution is 0.454. The number of nitrogens with zero attached hydrogens (tertiary/aromatic N) is 4. The zero-order valence-electron chi connectivity index (χ0n) is 18.0. The SMILES string of the molecule is Cc1cc2c(cc1-c1ccnc3nc(Cc4ccccc4)nn13)[C@@H](C)CC(C)(C)N2. The molecule has 0 aliphatic carbocycles. The fourth-order valence-corrected chi connectivity index (χ4v) is 4.70. The third-order valence-electron chi connectivity index (χ3n) is 5.98. The summed E-state index contributed by atoms with van der Waals surface area (Å²) in [5.41, 5.74) is 7.36. The van der Waals surface area contributed by atoms with Crippen molar-refractivity contribution >= 4 is 11.5 Å². The van der Waals surface area contributed by atoms with Crippen molar-refractivity contribution in [1.29, 1.82) is 0 Å². The van der Waals surface area contributed by atoms with Crippen LogP contribution >= 0.6 is 0 Å². The number of nitrogens with one attached hydrogen (secondary N) is 1. The van der Waals surface area contributed by atoms with E-state index in [1.165, 1.54) is 27.9 Å². The Hall–Kier alpha value is -3.21. The molecule has 4 aromatic rings. The molecule has 0 unspecified atom stereocenters. The number of rotatable bonds is 3. The molecular formula is C25H27N5. The van der Waals surface area contributed by atoms with Gasteiger partial charge in [0.25, 0.3) is 5.78 Å². The zero-order valence-corrected chi connectivity index (χ0v) is 18.0. The second-order valence-corrected chi connectivity index (χ2v) is 9.10. The number of aryl methyl sites for hydroxylation is 1. The molecule has 5 heteroatoms. The highest BCUT2D eigenvalue weighted by molar-refractivity contribution is 5.72. The van der Waals surface area contributed by atoms with Crippen LogP contribution in [-0.2, 0) is 6.42 Å². The molecule has 0 radical (unpaired) electrons. The van der Waals surface area contributed by atoms with Crippen molar-refractivity contribution < 1.29 is 0 Å². The van der Waals surface area contributed by atoms with Crippen LogP contribution in [0.15, 0.2) is 54.7 Å². The minimum atomic E-state index is 0.114. The van der Waals surface area contributed by atoms with Crippen LogP contribution in [0.3, 0.4) is 0 Å². The standard InChI is InChI=1S/C25H27N5/c1-16-12-21-19(17(2)15-25(3,4)28-21)14-20(16)22-10-11-26-24-27-23(29-30(22)24)13-18-8-6-5-7-9-18/h5-12,14,17,28H,13,15H2,1-4H3/t17-/m0/s1. The van der Waals surface area contributed by atoms with Crippen LogP contribution in [0.4, 0.5) is 5.69 Å². The average molecular weight is 398 g/mol. The molecule has 2 aromatic heterocycles.